The number of anilines is 2. The number of carbonyl (C=O) groups excluding carboxylic acids is 1. The van der Waals surface area contributed by atoms with Gasteiger partial charge in [0.15, 0.2) is 11.6 Å². The summed E-state index contributed by atoms with van der Waals surface area (Å²) in [5.41, 5.74) is 0.877. The second-order valence-corrected chi connectivity index (χ2v) is 4.71. The van der Waals surface area contributed by atoms with Crippen molar-refractivity contribution in [3.05, 3.63) is 36.2 Å². The van der Waals surface area contributed by atoms with Crippen LogP contribution in [0.5, 0.6) is 0 Å². The maximum atomic E-state index is 11.9. The Balaban J connectivity index is 1.65. The van der Waals surface area contributed by atoms with Gasteiger partial charge in [-0.3, -0.25) is 4.79 Å². The van der Waals surface area contributed by atoms with Crippen LogP contribution in [-0.4, -0.2) is 42.2 Å². The monoisotopic (exact) mass is 288 g/mol. The summed E-state index contributed by atoms with van der Waals surface area (Å²) >= 11 is 0. The second kappa shape index (κ2) is 5.92. The first-order chi connectivity index (χ1) is 10.2. The fourth-order valence-electron chi connectivity index (χ4n) is 2.10. The quantitative estimate of drug-likeness (QED) is 0.921. The highest BCUT2D eigenvalue weighted by molar-refractivity contribution is 6.02. The lowest BCUT2D eigenvalue weighted by molar-refractivity contribution is 0.102. The highest BCUT2D eigenvalue weighted by Crippen LogP contribution is 2.16. The van der Waals surface area contributed by atoms with Gasteiger partial charge < -0.3 is 19.4 Å². The number of rotatable bonds is 3. The third kappa shape index (κ3) is 3.19. The summed E-state index contributed by atoms with van der Waals surface area (Å²) in [7, 11) is 0. The van der Waals surface area contributed by atoms with Crippen LogP contribution in [0.1, 0.15) is 16.4 Å². The van der Waals surface area contributed by atoms with Crippen molar-refractivity contribution in [2.45, 2.75) is 6.92 Å². The van der Waals surface area contributed by atoms with Gasteiger partial charge in [-0.05, 0) is 12.1 Å². The largest absolute Gasteiger partial charge is 0.448 e. The van der Waals surface area contributed by atoms with Crippen LogP contribution in [0, 0.1) is 6.92 Å². The first-order valence-corrected chi connectivity index (χ1v) is 6.74. The van der Waals surface area contributed by atoms with Crippen LogP contribution in [0.25, 0.3) is 0 Å². The molecule has 0 bridgehead atoms. The zero-order valence-electron chi connectivity index (χ0n) is 11.7. The summed E-state index contributed by atoms with van der Waals surface area (Å²) in [5.74, 6) is 1.03. The molecular weight excluding hydrogens is 272 g/mol. The van der Waals surface area contributed by atoms with Gasteiger partial charge in [0.2, 0.25) is 0 Å². The van der Waals surface area contributed by atoms with Gasteiger partial charge in [-0.2, -0.15) is 0 Å². The Kier molecular flexibility index (Phi) is 3.83. The van der Waals surface area contributed by atoms with Gasteiger partial charge in [0.05, 0.1) is 25.1 Å². The number of hydrogen-bond donors (Lipinski definition) is 1. The number of oxazole rings is 1. The second-order valence-electron chi connectivity index (χ2n) is 4.71. The van der Waals surface area contributed by atoms with E-state index in [1.165, 1.54) is 6.26 Å². The van der Waals surface area contributed by atoms with Crippen molar-refractivity contribution in [1.29, 1.82) is 0 Å². The molecule has 3 heterocycles. The van der Waals surface area contributed by atoms with Gasteiger partial charge >= 0.3 is 0 Å². The molecule has 1 aliphatic heterocycles. The fraction of sp³-hybridized carbons (Fsp3) is 0.357. The normalized spacial score (nSPS) is 15.0. The van der Waals surface area contributed by atoms with Gasteiger partial charge in [-0.15, -0.1) is 0 Å². The van der Waals surface area contributed by atoms with Crippen molar-refractivity contribution in [3.63, 3.8) is 0 Å². The van der Waals surface area contributed by atoms with E-state index in [0.717, 1.165) is 18.9 Å². The maximum absolute atomic E-state index is 11.9. The molecule has 7 heteroatoms. The Morgan fingerprint density at radius 3 is 2.76 bits per heavy atom. The molecule has 3 rings (SSSR count). The molecule has 0 unspecified atom stereocenters. The van der Waals surface area contributed by atoms with Crippen LogP contribution in [0.15, 0.2) is 29.0 Å². The van der Waals surface area contributed by atoms with E-state index in [1.807, 2.05) is 12.1 Å². The van der Waals surface area contributed by atoms with Crippen LogP contribution >= 0.6 is 0 Å². The van der Waals surface area contributed by atoms with Gasteiger partial charge in [-0.1, -0.05) is 0 Å². The number of amides is 1. The number of aryl methyl sites for hydroxylation is 1. The number of aromatic nitrogens is 2. The molecule has 1 fully saturated rings. The van der Waals surface area contributed by atoms with Crippen molar-refractivity contribution >= 4 is 17.4 Å². The first-order valence-electron chi connectivity index (χ1n) is 6.74. The Hall–Kier alpha value is -2.41. The van der Waals surface area contributed by atoms with E-state index in [9.17, 15) is 4.79 Å². The third-order valence-electron chi connectivity index (χ3n) is 3.19. The summed E-state index contributed by atoms with van der Waals surface area (Å²) < 4.78 is 10.3. The molecule has 1 saturated heterocycles. The van der Waals surface area contributed by atoms with Crippen molar-refractivity contribution < 1.29 is 13.9 Å². The van der Waals surface area contributed by atoms with Gasteiger partial charge in [0.1, 0.15) is 12.1 Å². The lowest BCUT2D eigenvalue weighted by atomic mass is 10.3. The Morgan fingerprint density at radius 1 is 1.33 bits per heavy atom. The molecule has 2 aromatic rings. The fourth-order valence-corrected chi connectivity index (χ4v) is 2.10. The van der Waals surface area contributed by atoms with E-state index in [2.05, 4.69) is 20.2 Å². The molecule has 110 valence electrons. The van der Waals surface area contributed by atoms with Gasteiger partial charge in [0, 0.05) is 20.0 Å². The SMILES string of the molecule is Cc1nc(C(=O)Nc2ccc(N3CCOCC3)nc2)co1. The topological polar surface area (TPSA) is 80.5 Å². The Morgan fingerprint density at radius 2 is 2.14 bits per heavy atom. The van der Waals surface area contributed by atoms with Crippen LogP contribution in [-0.2, 0) is 4.74 Å². The van der Waals surface area contributed by atoms with Crippen molar-refractivity contribution in [2.75, 3.05) is 36.5 Å². The summed E-state index contributed by atoms with van der Waals surface area (Å²) in [6.45, 7) is 4.78. The summed E-state index contributed by atoms with van der Waals surface area (Å²) in [6.07, 6.45) is 2.97. The zero-order chi connectivity index (χ0) is 14.7. The highest BCUT2D eigenvalue weighted by Gasteiger charge is 2.13. The first kappa shape index (κ1) is 13.6. The molecule has 1 N–H and O–H groups in total. The molecule has 0 aromatic carbocycles. The number of ether oxygens (including phenoxy) is 1. The van der Waals surface area contributed by atoms with Crippen LogP contribution in [0.3, 0.4) is 0 Å². The molecule has 2 aromatic heterocycles. The molecule has 1 aliphatic rings. The predicted molar refractivity (Wildman–Crippen MR) is 76.5 cm³/mol. The lowest BCUT2D eigenvalue weighted by Crippen LogP contribution is -2.36. The third-order valence-corrected chi connectivity index (χ3v) is 3.19. The van der Waals surface area contributed by atoms with E-state index in [-0.39, 0.29) is 11.6 Å². The zero-order valence-corrected chi connectivity index (χ0v) is 11.7. The molecule has 0 radical (unpaired) electrons. The van der Waals surface area contributed by atoms with Crippen molar-refractivity contribution in [1.82, 2.24) is 9.97 Å². The number of nitrogens with zero attached hydrogens (tertiary/aromatic N) is 3. The Bertz CT molecular complexity index is 617. The smallest absolute Gasteiger partial charge is 0.277 e. The average molecular weight is 288 g/mol. The minimum atomic E-state index is -0.312. The van der Waals surface area contributed by atoms with E-state index in [0.29, 0.717) is 24.8 Å². The number of nitrogens with one attached hydrogen (secondary N) is 1. The summed E-state index contributed by atoms with van der Waals surface area (Å²) in [4.78, 5) is 22.4. The number of morpholine rings is 1. The molecule has 0 aliphatic carbocycles. The minimum Gasteiger partial charge on any atom is -0.448 e. The molecular formula is C14H16N4O3. The van der Waals surface area contributed by atoms with E-state index >= 15 is 0 Å². The van der Waals surface area contributed by atoms with Gasteiger partial charge in [0.25, 0.3) is 5.91 Å². The number of hydrogen-bond acceptors (Lipinski definition) is 6. The minimum absolute atomic E-state index is 0.254. The van der Waals surface area contributed by atoms with E-state index < -0.39 is 0 Å². The molecule has 21 heavy (non-hydrogen) atoms. The van der Waals surface area contributed by atoms with Gasteiger partial charge in [-0.25, -0.2) is 9.97 Å². The highest BCUT2D eigenvalue weighted by atomic mass is 16.5. The molecule has 7 nitrogen and oxygen atoms in total. The predicted octanol–water partition coefficient (Wildman–Crippen LogP) is 1.47. The number of pyridine rings is 1. The molecule has 0 atom stereocenters. The van der Waals surface area contributed by atoms with Crippen LogP contribution in [0.2, 0.25) is 0 Å². The van der Waals surface area contributed by atoms with E-state index in [1.54, 1.807) is 13.1 Å². The molecule has 1 amide bonds. The maximum Gasteiger partial charge on any atom is 0.277 e. The summed E-state index contributed by atoms with van der Waals surface area (Å²) in [6, 6.07) is 3.71. The van der Waals surface area contributed by atoms with Crippen LogP contribution < -0.4 is 10.2 Å². The standard InChI is InChI=1S/C14H16N4O3/c1-10-16-12(9-21-10)14(19)17-11-2-3-13(15-8-11)18-4-6-20-7-5-18/h2-3,8-9H,4-7H2,1H3,(H,17,19). The summed E-state index contributed by atoms with van der Waals surface area (Å²) in [5, 5.41) is 2.73. The van der Waals surface area contributed by atoms with Crippen molar-refractivity contribution in [3.8, 4) is 0 Å². The van der Waals surface area contributed by atoms with Crippen molar-refractivity contribution in [2.24, 2.45) is 0 Å². The number of carbonyl (C=O) groups is 1. The molecule has 0 spiro atoms. The van der Waals surface area contributed by atoms with E-state index in [4.69, 9.17) is 9.15 Å². The van der Waals surface area contributed by atoms with Crippen LogP contribution in [0.4, 0.5) is 11.5 Å². The Labute approximate surface area is 121 Å². The molecule has 0 saturated carbocycles. The lowest BCUT2D eigenvalue weighted by Gasteiger charge is -2.27. The average Bonchev–Trinajstić information content (AvgIpc) is 2.96.